The van der Waals surface area contributed by atoms with Gasteiger partial charge in [-0.2, -0.15) is 0 Å². The van der Waals surface area contributed by atoms with Crippen molar-refractivity contribution in [2.75, 3.05) is 0 Å². The maximum absolute atomic E-state index is 4.76. The second-order valence-corrected chi connectivity index (χ2v) is 6.38. The van der Waals surface area contributed by atoms with Crippen LogP contribution in [0.25, 0.3) is 0 Å². The van der Waals surface area contributed by atoms with E-state index < -0.39 is 0 Å². The highest BCUT2D eigenvalue weighted by Gasteiger charge is 2.14. The van der Waals surface area contributed by atoms with Crippen LogP contribution in [0, 0.1) is 6.92 Å². The molecule has 0 aliphatic heterocycles. The molecule has 1 aliphatic carbocycles. The summed E-state index contributed by atoms with van der Waals surface area (Å²) in [6.45, 7) is 3.99. The lowest BCUT2D eigenvalue weighted by Gasteiger charge is -2.06. The van der Waals surface area contributed by atoms with Crippen LogP contribution in [0.1, 0.15) is 39.5 Å². The molecular weight excluding hydrogens is 252 g/mol. The zero-order chi connectivity index (χ0) is 13.1. The molecule has 0 fully saturated rings. The number of fused-ring (bicyclic) bond motifs is 1. The average molecular weight is 272 g/mol. The SMILES string of the molecule is Cc1ccccc1CNCc1nc2c(s1)CCCC2. The molecule has 0 radical (unpaired) electrons. The second-order valence-electron chi connectivity index (χ2n) is 5.21. The Labute approximate surface area is 118 Å². The van der Waals surface area contributed by atoms with Crippen molar-refractivity contribution < 1.29 is 0 Å². The Morgan fingerprint density at radius 3 is 2.84 bits per heavy atom. The van der Waals surface area contributed by atoms with Crippen LogP contribution in [0.5, 0.6) is 0 Å². The van der Waals surface area contributed by atoms with Gasteiger partial charge >= 0.3 is 0 Å². The molecule has 3 heteroatoms. The summed E-state index contributed by atoms with van der Waals surface area (Å²) in [6, 6.07) is 8.55. The molecule has 19 heavy (non-hydrogen) atoms. The lowest BCUT2D eigenvalue weighted by molar-refractivity contribution is 0.666. The van der Waals surface area contributed by atoms with Gasteiger partial charge in [-0.05, 0) is 43.7 Å². The third kappa shape index (κ3) is 3.04. The van der Waals surface area contributed by atoms with E-state index in [1.165, 1.54) is 52.4 Å². The van der Waals surface area contributed by atoms with Crippen molar-refractivity contribution in [3.05, 3.63) is 51.0 Å². The number of benzene rings is 1. The third-order valence-corrected chi connectivity index (χ3v) is 4.90. The number of nitrogens with zero attached hydrogens (tertiary/aromatic N) is 1. The molecule has 0 bridgehead atoms. The van der Waals surface area contributed by atoms with Gasteiger partial charge in [-0.1, -0.05) is 24.3 Å². The molecule has 3 rings (SSSR count). The summed E-state index contributed by atoms with van der Waals surface area (Å²) in [5.41, 5.74) is 4.10. The Morgan fingerprint density at radius 1 is 1.16 bits per heavy atom. The molecule has 100 valence electrons. The number of hydrogen-bond donors (Lipinski definition) is 1. The van der Waals surface area contributed by atoms with Crippen LogP contribution >= 0.6 is 11.3 Å². The summed E-state index contributed by atoms with van der Waals surface area (Å²) >= 11 is 1.90. The maximum Gasteiger partial charge on any atom is 0.107 e. The number of rotatable bonds is 4. The Hall–Kier alpha value is -1.19. The van der Waals surface area contributed by atoms with Gasteiger partial charge in [0.15, 0.2) is 0 Å². The van der Waals surface area contributed by atoms with E-state index in [4.69, 9.17) is 4.98 Å². The number of hydrogen-bond acceptors (Lipinski definition) is 3. The average Bonchev–Trinajstić information content (AvgIpc) is 2.83. The lowest BCUT2D eigenvalue weighted by atomic mass is 10.0. The normalized spacial score (nSPS) is 14.4. The minimum Gasteiger partial charge on any atom is -0.306 e. The molecule has 1 aromatic heterocycles. The summed E-state index contributed by atoms with van der Waals surface area (Å²) in [6.07, 6.45) is 5.08. The summed E-state index contributed by atoms with van der Waals surface area (Å²) < 4.78 is 0. The molecule has 0 atom stereocenters. The molecule has 2 nitrogen and oxygen atoms in total. The highest BCUT2D eigenvalue weighted by atomic mass is 32.1. The highest BCUT2D eigenvalue weighted by Crippen LogP contribution is 2.26. The van der Waals surface area contributed by atoms with E-state index in [0.717, 1.165) is 13.1 Å². The van der Waals surface area contributed by atoms with Crippen LogP contribution in [-0.2, 0) is 25.9 Å². The van der Waals surface area contributed by atoms with Gasteiger partial charge in [-0.3, -0.25) is 0 Å². The quantitative estimate of drug-likeness (QED) is 0.919. The minimum absolute atomic E-state index is 0.895. The van der Waals surface area contributed by atoms with E-state index in [1.54, 1.807) is 0 Å². The first-order chi connectivity index (χ1) is 9.33. The standard InChI is InChI=1S/C16H20N2S/c1-12-6-2-3-7-13(12)10-17-11-16-18-14-8-4-5-9-15(14)19-16/h2-3,6-7,17H,4-5,8-11H2,1H3. The smallest absolute Gasteiger partial charge is 0.107 e. The predicted octanol–water partition coefficient (Wildman–Crippen LogP) is 3.62. The molecule has 1 aliphatic rings. The molecule has 2 aromatic rings. The van der Waals surface area contributed by atoms with Gasteiger partial charge in [0.1, 0.15) is 5.01 Å². The second kappa shape index (κ2) is 5.85. The van der Waals surface area contributed by atoms with Gasteiger partial charge in [0.25, 0.3) is 0 Å². The van der Waals surface area contributed by atoms with Crippen LogP contribution < -0.4 is 5.32 Å². The molecular formula is C16H20N2S. The molecule has 0 saturated carbocycles. The van der Waals surface area contributed by atoms with Crippen molar-refractivity contribution in [2.24, 2.45) is 0 Å². The molecule has 0 amide bonds. The molecule has 0 unspecified atom stereocenters. The minimum atomic E-state index is 0.895. The van der Waals surface area contributed by atoms with Crippen LogP contribution in [0.15, 0.2) is 24.3 Å². The van der Waals surface area contributed by atoms with E-state index in [2.05, 4.69) is 36.5 Å². The van der Waals surface area contributed by atoms with Crippen molar-refractivity contribution >= 4 is 11.3 Å². The van der Waals surface area contributed by atoms with Crippen molar-refractivity contribution in [1.29, 1.82) is 0 Å². The zero-order valence-electron chi connectivity index (χ0n) is 11.4. The summed E-state index contributed by atoms with van der Waals surface area (Å²) in [5, 5.41) is 4.77. The molecule has 0 saturated heterocycles. The van der Waals surface area contributed by atoms with E-state index in [0.29, 0.717) is 0 Å². The Bertz CT molecular complexity index is 536. The van der Waals surface area contributed by atoms with Crippen LogP contribution in [0.2, 0.25) is 0 Å². The Morgan fingerprint density at radius 2 is 2.00 bits per heavy atom. The van der Waals surface area contributed by atoms with E-state index in [1.807, 2.05) is 11.3 Å². The Balaban J connectivity index is 1.58. The van der Waals surface area contributed by atoms with Gasteiger partial charge < -0.3 is 5.32 Å². The molecule has 0 spiro atoms. The van der Waals surface area contributed by atoms with E-state index in [-0.39, 0.29) is 0 Å². The van der Waals surface area contributed by atoms with Crippen molar-refractivity contribution in [1.82, 2.24) is 10.3 Å². The van der Waals surface area contributed by atoms with Crippen molar-refractivity contribution in [3.8, 4) is 0 Å². The first kappa shape index (κ1) is 12.8. The molecule has 1 aromatic carbocycles. The van der Waals surface area contributed by atoms with Crippen LogP contribution in [0.4, 0.5) is 0 Å². The van der Waals surface area contributed by atoms with Gasteiger partial charge in [0.2, 0.25) is 0 Å². The Kier molecular flexibility index (Phi) is 3.95. The van der Waals surface area contributed by atoms with E-state index in [9.17, 15) is 0 Å². The van der Waals surface area contributed by atoms with Gasteiger partial charge in [-0.25, -0.2) is 4.98 Å². The fourth-order valence-electron chi connectivity index (χ4n) is 2.59. The van der Waals surface area contributed by atoms with Gasteiger partial charge in [0.05, 0.1) is 5.69 Å². The number of aryl methyl sites for hydroxylation is 3. The molecule has 1 heterocycles. The highest BCUT2D eigenvalue weighted by molar-refractivity contribution is 7.11. The number of thiazole rings is 1. The van der Waals surface area contributed by atoms with Crippen molar-refractivity contribution in [2.45, 2.75) is 45.7 Å². The number of aromatic nitrogens is 1. The first-order valence-electron chi connectivity index (χ1n) is 7.05. The predicted molar refractivity (Wildman–Crippen MR) is 80.5 cm³/mol. The van der Waals surface area contributed by atoms with E-state index >= 15 is 0 Å². The summed E-state index contributed by atoms with van der Waals surface area (Å²) in [4.78, 5) is 6.29. The van der Waals surface area contributed by atoms with Crippen LogP contribution in [0.3, 0.4) is 0 Å². The zero-order valence-corrected chi connectivity index (χ0v) is 12.2. The fraction of sp³-hybridized carbons (Fsp3) is 0.438. The van der Waals surface area contributed by atoms with Gasteiger partial charge in [0, 0.05) is 18.0 Å². The summed E-state index contributed by atoms with van der Waals surface area (Å²) in [5.74, 6) is 0. The fourth-order valence-corrected chi connectivity index (χ4v) is 3.72. The monoisotopic (exact) mass is 272 g/mol. The maximum atomic E-state index is 4.76. The topological polar surface area (TPSA) is 24.9 Å². The van der Waals surface area contributed by atoms with Crippen molar-refractivity contribution in [3.63, 3.8) is 0 Å². The van der Waals surface area contributed by atoms with Gasteiger partial charge in [-0.15, -0.1) is 11.3 Å². The lowest BCUT2D eigenvalue weighted by Crippen LogP contribution is -2.13. The third-order valence-electron chi connectivity index (χ3n) is 3.74. The van der Waals surface area contributed by atoms with Crippen LogP contribution in [-0.4, -0.2) is 4.98 Å². The summed E-state index contributed by atoms with van der Waals surface area (Å²) in [7, 11) is 0. The number of nitrogens with one attached hydrogen (secondary N) is 1. The molecule has 1 N–H and O–H groups in total. The largest absolute Gasteiger partial charge is 0.306 e. The first-order valence-corrected chi connectivity index (χ1v) is 7.87.